The van der Waals surface area contributed by atoms with Gasteiger partial charge < -0.3 is 25.4 Å². The molecule has 4 atom stereocenters. The lowest BCUT2D eigenvalue weighted by Crippen LogP contribution is -2.57. The summed E-state index contributed by atoms with van der Waals surface area (Å²) < 4.78 is 9.68. The van der Waals surface area contributed by atoms with Crippen molar-refractivity contribution < 1.29 is 19.7 Å². The van der Waals surface area contributed by atoms with Crippen LogP contribution in [0.15, 0.2) is 0 Å². The molecular formula is C6H13NO4. The van der Waals surface area contributed by atoms with E-state index in [2.05, 4.69) is 0 Å². The molecule has 1 rings (SSSR count). The molecule has 0 aromatic heterocycles. The fourth-order valence-corrected chi connectivity index (χ4v) is 1.02. The van der Waals surface area contributed by atoms with Crippen LogP contribution in [-0.2, 0) is 9.47 Å². The monoisotopic (exact) mass is 163 g/mol. The second-order valence-corrected chi connectivity index (χ2v) is 2.57. The van der Waals surface area contributed by atoms with E-state index in [9.17, 15) is 5.11 Å². The predicted octanol–water partition coefficient (Wildman–Crippen LogP) is -1.96. The first-order valence-electron chi connectivity index (χ1n) is 3.43. The molecule has 1 fully saturated rings. The predicted molar refractivity (Wildman–Crippen MR) is 36.7 cm³/mol. The van der Waals surface area contributed by atoms with E-state index in [0.29, 0.717) is 0 Å². The Labute approximate surface area is 64.7 Å². The topological polar surface area (TPSA) is 84.9 Å². The molecule has 1 heterocycles. The summed E-state index contributed by atoms with van der Waals surface area (Å²) in [6.07, 6.45) is -2.48. The number of aliphatic hydroxyl groups is 2. The normalized spacial score (nSPS) is 45.8. The SMILES string of the molecule is CO[C@H]1OC[C@@H](O)[C@@H](N)[C@@H]1O. The van der Waals surface area contributed by atoms with Gasteiger partial charge in [0.1, 0.15) is 6.10 Å². The molecular weight excluding hydrogens is 150 g/mol. The van der Waals surface area contributed by atoms with Crippen molar-refractivity contribution in [3.8, 4) is 0 Å². The van der Waals surface area contributed by atoms with Crippen LogP contribution in [0.25, 0.3) is 0 Å². The summed E-state index contributed by atoms with van der Waals surface area (Å²) in [6.45, 7) is 0.108. The van der Waals surface area contributed by atoms with Crippen LogP contribution in [0.1, 0.15) is 0 Å². The molecule has 1 aliphatic heterocycles. The van der Waals surface area contributed by atoms with Crippen LogP contribution in [-0.4, -0.2) is 48.5 Å². The molecule has 0 aromatic rings. The van der Waals surface area contributed by atoms with Gasteiger partial charge in [-0.2, -0.15) is 0 Å². The van der Waals surface area contributed by atoms with Gasteiger partial charge in [-0.1, -0.05) is 0 Å². The minimum atomic E-state index is -0.955. The van der Waals surface area contributed by atoms with Gasteiger partial charge in [-0.25, -0.2) is 0 Å². The Morgan fingerprint density at radius 2 is 2.18 bits per heavy atom. The van der Waals surface area contributed by atoms with Crippen LogP contribution in [0.5, 0.6) is 0 Å². The number of hydrogen-bond acceptors (Lipinski definition) is 5. The van der Waals surface area contributed by atoms with Gasteiger partial charge in [0.2, 0.25) is 0 Å². The number of rotatable bonds is 1. The van der Waals surface area contributed by atoms with Crippen molar-refractivity contribution in [1.29, 1.82) is 0 Å². The van der Waals surface area contributed by atoms with Gasteiger partial charge in [-0.15, -0.1) is 0 Å². The third kappa shape index (κ3) is 1.69. The summed E-state index contributed by atoms with van der Waals surface area (Å²) in [4.78, 5) is 0. The van der Waals surface area contributed by atoms with E-state index in [0.717, 1.165) is 0 Å². The van der Waals surface area contributed by atoms with E-state index < -0.39 is 24.5 Å². The van der Waals surface area contributed by atoms with Crippen LogP contribution in [0.4, 0.5) is 0 Å². The lowest BCUT2D eigenvalue weighted by molar-refractivity contribution is -0.231. The maximum Gasteiger partial charge on any atom is 0.184 e. The number of nitrogens with two attached hydrogens (primary N) is 1. The Morgan fingerprint density at radius 3 is 2.73 bits per heavy atom. The van der Waals surface area contributed by atoms with Crippen LogP contribution in [0, 0.1) is 0 Å². The molecule has 0 unspecified atom stereocenters. The van der Waals surface area contributed by atoms with Gasteiger partial charge in [-0.05, 0) is 0 Å². The average molecular weight is 163 g/mol. The maximum atomic E-state index is 9.27. The Kier molecular flexibility index (Phi) is 2.80. The van der Waals surface area contributed by atoms with Crippen molar-refractivity contribution in [3.63, 3.8) is 0 Å². The third-order valence-electron chi connectivity index (χ3n) is 1.78. The fraction of sp³-hybridized carbons (Fsp3) is 1.00. The van der Waals surface area contributed by atoms with Gasteiger partial charge in [0, 0.05) is 7.11 Å². The highest BCUT2D eigenvalue weighted by molar-refractivity contribution is 4.85. The van der Waals surface area contributed by atoms with E-state index >= 15 is 0 Å². The molecule has 1 aliphatic rings. The molecule has 5 heteroatoms. The zero-order valence-electron chi connectivity index (χ0n) is 6.30. The second kappa shape index (κ2) is 3.46. The van der Waals surface area contributed by atoms with Gasteiger partial charge in [0.15, 0.2) is 6.29 Å². The quantitative estimate of drug-likeness (QED) is 0.418. The van der Waals surface area contributed by atoms with E-state index in [1.165, 1.54) is 7.11 Å². The highest BCUT2D eigenvalue weighted by atomic mass is 16.7. The van der Waals surface area contributed by atoms with Crippen LogP contribution in [0.3, 0.4) is 0 Å². The Balaban J connectivity index is 2.52. The lowest BCUT2D eigenvalue weighted by atomic mass is 10.0. The minimum Gasteiger partial charge on any atom is -0.389 e. The van der Waals surface area contributed by atoms with E-state index in [4.69, 9.17) is 20.3 Å². The highest BCUT2D eigenvalue weighted by Gasteiger charge is 2.36. The molecule has 11 heavy (non-hydrogen) atoms. The van der Waals surface area contributed by atoms with E-state index in [1.807, 2.05) is 0 Å². The van der Waals surface area contributed by atoms with Crippen LogP contribution >= 0.6 is 0 Å². The van der Waals surface area contributed by atoms with Crippen molar-refractivity contribution in [3.05, 3.63) is 0 Å². The number of aliphatic hydroxyl groups excluding tert-OH is 2. The molecule has 0 radical (unpaired) electrons. The molecule has 5 nitrogen and oxygen atoms in total. The molecule has 0 saturated carbocycles. The number of methoxy groups -OCH3 is 1. The lowest BCUT2D eigenvalue weighted by Gasteiger charge is -2.34. The van der Waals surface area contributed by atoms with Crippen molar-refractivity contribution in [2.75, 3.05) is 13.7 Å². The highest BCUT2D eigenvalue weighted by Crippen LogP contribution is 2.13. The summed E-state index contributed by atoms with van der Waals surface area (Å²) in [5.41, 5.74) is 5.43. The largest absolute Gasteiger partial charge is 0.389 e. The standard InChI is InChI=1S/C6H13NO4/c1-10-6-5(9)4(7)3(8)2-11-6/h3-6,8-9H,2,7H2,1H3/t3-,4-,5+,6+/m1/s1. The van der Waals surface area contributed by atoms with Gasteiger partial charge in [0.05, 0.1) is 18.8 Å². The van der Waals surface area contributed by atoms with Crippen LogP contribution in [0.2, 0.25) is 0 Å². The Bertz CT molecular complexity index is 130. The summed E-state index contributed by atoms with van der Waals surface area (Å²) in [7, 11) is 1.41. The third-order valence-corrected chi connectivity index (χ3v) is 1.78. The van der Waals surface area contributed by atoms with Crippen LogP contribution < -0.4 is 5.73 Å². The smallest absolute Gasteiger partial charge is 0.184 e. The van der Waals surface area contributed by atoms with Gasteiger partial charge >= 0.3 is 0 Å². The van der Waals surface area contributed by atoms with Crippen molar-refractivity contribution in [2.45, 2.75) is 24.5 Å². The molecule has 1 saturated heterocycles. The van der Waals surface area contributed by atoms with Gasteiger partial charge in [0.25, 0.3) is 0 Å². The first-order valence-corrected chi connectivity index (χ1v) is 3.43. The molecule has 0 amide bonds. The summed E-state index contributed by atoms with van der Waals surface area (Å²) in [6, 6.07) is -0.686. The van der Waals surface area contributed by atoms with Gasteiger partial charge in [-0.3, -0.25) is 0 Å². The number of hydrogen-bond donors (Lipinski definition) is 3. The van der Waals surface area contributed by atoms with Crippen molar-refractivity contribution >= 4 is 0 Å². The first-order chi connectivity index (χ1) is 5.16. The van der Waals surface area contributed by atoms with E-state index in [1.54, 1.807) is 0 Å². The molecule has 4 N–H and O–H groups in total. The summed E-state index contributed by atoms with van der Waals surface area (Å²) >= 11 is 0. The zero-order chi connectivity index (χ0) is 8.43. The Hall–Kier alpha value is -0.200. The summed E-state index contributed by atoms with van der Waals surface area (Å²) in [5, 5.41) is 18.4. The molecule has 0 bridgehead atoms. The Morgan fingerprint density at radius 1 is 1.55 bits per heavy atom. The maximum absolute atomic E-state index is 9.27. The van der Waals surface area contributed by atoms with E-state index in [-0.39, 0.29) is 6.61 Å². The zero-order valence-corrected chi connectivity index (χ0v) is 6.30. The first kappa shape index (κ1) is 8.89. The molecule has 66 valence electrons. The van der Waals surface area contributed by atoms with Crippen molar-refractivity contribution in [1.82, 2.24) is 0 Å². The molecule has 0 aliphatic carbocycles. The minimum absolute atomic E-state index is 0.108. The average Bonchev–Trinajstić information content (AvgIpc) is 2.01. The molecule has 0 aromatic carbocycles. The second-order valence-electron chi connectivity index (χ2n) is 2.57. The number of ether oxygens (including phenoxy) is 2. The molecule has 0 spiro atoms. The van der Waals surface area contributed by atoms with Crippen molar-refractivity contribution in [2.24, 2.45) is 5.73 Å². The summed E-state index contributed by atoms with van der Waals surface area (Å²) in [5.74, 6) is 0. The fourth-order valence-electron chi connectivity index (χ4n) is 1.02.